The van der Waals surface area contributed by atoms with Crippen molar-refractivity contribution in [3.05, 3.63) is 35.9 Å². The standard InChI is InChI=1S/C19H32N2/c1-4-20-18(19(2,3)21-15-8-9-16-21)14-10-13-17-11-6-5-7-12-17/h5-7,11-12,18,20H,4,8-10,13-16H2,1-3H3. The smallest absolute Gasteiger partial charge is 0.0306 e. The van der Waals surface area contributed by atoms with Crippen LogP contribution in [0.15, 0.2) is 30.3 Å². The second-order valence-electron chi connectivity index (χ2n) is 6.84. The van der Waals surface area contributed by atoms with Gasteiger partial charge in [-0.25, -0.2) is 0 Å². The number of nitrogens with zero attached hydrogens (tertiary/aromatic N) is 1. The van der Waals surface area contributed by atoms with Gasteiger partial charge in [0.2, 0.25) is 0 Å². The van der Waals surface area contributed by atoms with Gasteiger partial charge in [-0.3, -0.25) is 4.90 Å². The van der Waals surface area contributed by atoms with Gasteiger partial charge in [0.05, 0.1) is 0 Å². The molecule has 0 bridgehead atoms. The summed E-state index contributed by atoms with van der Waals surface area (Å²) in [4.78, 5) is 2.68. The van der Waals surface area contributed by atoms with Gasteiger partial charge in [-0.2, -0.15) is 0 Å². The molecule has 1 aromatic carbocycles. The third-order valence-electron chi connectivity index (χ3n) is 5.03. The van der Waals surface area contributed by atoms with E-state index < -0.39 is 0 Å². The van der Waals surface area contributed by atoms with E-state index in [1.807, 2.05) is 0 Å². The van der Waals surface area contributed by atoms with E-state index in [0.29, 0.717) is 6.04 Å². The molecule has 1 aromatic rings. The molecule has 21 heavy (non-hydrogen) atoms. The highest BCUT2D eigenvalue weighted by Gasteiger charge is 2.35. The lowest BCUT2D eigenvalue weighted by Crippen LogP contribution is -2.56. The Bertz CT molecular complexity index is 393. The maximum atomic E-state index is 3.74. The van der Waals surface area contributed by atoms with Crippen molar-refractivity contribution < 1.29 is 0 Å². The fourth-order valence-electron chi connectivity index (χ4n) is 3.62. The minimum absolute atomic E-state index is 0.267. The summed E-state index contributed by atoms with van der Waals surface area (Å²) in [5, 5.41) is 3.74. The molecule has 2 nitrogen and oxygen atoms in total. The molecule has 0 aromatic heterocycles. The van der Waals surface area contributed by atoms with Crippen LogP contribution in [0.1, 0.15) is 52.0 Å². The molecule has 1 fully saturated rings. The van der Waals surface area contributed by atoms with Crippen molar-refractivity contribution in [2.24, 2.45) is 0 Å². The van der Waals surface area contributed by atoms with E-state index in [1.54, 1.807) is 0 Å². The Kier molecular flexibility index (Phi) is 6.25. The van der Waals surface area contributed by atoms with Crippen LogP contribution in [0.4, 0.5) is 0 Å². The molecule has 1 aliphatic heterocycles. The Labute approximate surface area is 130 Å². The molecule has 1 heterocycles. The Morgan fingerprint density at radius 3 is 2.43 bits per heavy atom. The summed E-state index contributed by atoms with van der Waals surface area (Å²) < 4.78 is 0. The third kappa shape index (κ3) is 4.55. The topological polar surface area (TPSA) is 15.3 Å². The number of rotatable bonds is 8. The average Bonchev–Trinajstić information content (AvgIpc) is 3.02. The van der Waals surface area contributed by atoms with Crippen molar-refractivity contribution in [1.29, 1.82) is 0 Å². The molecule has 0 saturated carbocycles. The van der Waals surface area contributed by atoms with Crippen molar-refractivity contribution in [3.8, 4) is 0 Å². The number of hydrogen-bond donors (Lipinski definition) is 1. The zero-order valence-corrected chi connectivity index (χ0v) is 14.1. The van der Waals surface area contributed by atoms with Crippen LogP contribution < -0.4 is 5.32 Å². The molecular weight excluding hydrogens is 256 g/mol. The predicted molar refractivity (Wildman–Crippen MR) is 91.7 cm³/mol. The highest BCUT2D eigenvalue weighted by molar-refractivity contribution is 5.14. The normalized spacial score (nSPS) is 18.0. The summed E-state index contributed by atoms with van der Waals surface area (Å²) in [5.41, 5.74) is 1.73. The van der Waals surface area contributed by atoms with Gasteiger partial charge in [0.1, 0.15) is 0 Å². The number of hydrogen-bond acceptors (Lipinski definition) is 2. The number of nitrogens with one attached hydrogen (secondary N) is 1. The largest absolute Gasteiger partial charge is 0.312 e. The first-order chi connectivity index (χ1) is 10.1. The zero-order valence-electron chi connectivity index (χ0n) is 14.1. The molecule has 1 atom stereocenters. The first-order valence-electron chi connectivity index (χ1n) is 8.67. The number of likely N-dealkylation sites (tertiary alicyclic amines) is 1. The monoisotopic (exact) mass is 288 g/mol. The Morgan fingerprint density at radius 1 is 1.14 bits per heavy atom. The molecule has 1 aliphatic rings. The fraction of sp³-hybridized carbons (Fsp3) is 0.684. The van der Waals surface area contributed by atoms with Crippen molar-refractivity contribution >= 4 is 0 Å². The molecule has 2 rings (SSSR count). The van der Waals surface area contributed by atoms with E-state index in [4.69, 9.17) is 0 Å². The van der Waals surface area contributed by atoms with Crippen molar-refractivity contribution in [1.82, 2.24) is 10.2 Å². The maximum absolute atomic E-state index is 3.74. The Morgan fingerprint density at radius 2 is 1.81 bits per heavy atom. The van der Waals surface area contributed by atoms with Crippen LogP contribution in [0.3, 0.4) is 0 Å². The van der Waals surface area contributed by atoms with Crippen LogP contribution in [0.25, 0.3) is 0 Å². The van der Waals surface area contributed by atoms with Gasteiger partial charge < -0.3 is 5.32 Å². The van der Waals surface area contributed by atoms with E-state index in [2.05, 4.69) is 61.3 Å². The molecule has 1 N–H and O–H groups in total. The molecule has 118 valence electrons. The van der Waals surface area contributed by atoms with Gasteiger partial charge in [-0.05, 0) is 71.1 Å². The molecule has 1 unspecified atom stereocenters. The molecule has 0 amide bonds. The van der Waals surface area contributed by atoms with Gasteiger partial charge in [-0.1, -0.05) is 37.3 Å². The third-order valence-corrected chi connectivity index (χ3v) is 5.03. The summed E-state index contributed by atoms with van der Waals surface area (Å²) in [5.74, 6) is 0. The first kappa shape index (κ1) is 16.5. The molecule has 0 aliphatic carbocycles. The second kappa shape index (κ2) is 7.95. The molecule has 0 spiro atoms. The number of likely N-dealkylation sites (N-methyl/N-ethyl adjacent to an activating group) is 1. The summed E-state index contributed by atoms with van der Waals surface area (Å²) in [7, 11) is 0. The van der Waals surface area contributed by atoms with Gasteiger partial charge in [0, 0.05) is 11.6 Å². The van der Waals surface area contributed by atoms with Crippen molar-refractivity contribution in [2.75, 3.05) is 19.6 Å². The van der Waals surface area contributed by atoms with Crippen LogP contribution in [-0.2, 0) is 6.42 Å². The lowest BCUT2D eigenvalue weighted by atomic mass is 9.88. The summed E-state index contributed by atoms with van der Waals surface area (Å²) in [6, 6.07) is 11.5. The highest BCUT2D eigenvalue weighted by atomic mass is 15.2. The maximum Gasteiger partial charge on any atom is 0.0306 e. The van der Waals surface area contributed by atoms with Crippen molar-refractivity contribution in [3.63, 3.8) is 0 Å². The average molecular weight is 288 g/mol. The van der Waals surface area contributed by atoms with Crippen LogP contribution in [0.5, 0.6) is 0 Å². The molecule has 1 saturated heterocycles. The van der Waals surface area contributed by atoms with E-state index in [-0.39, 0.29) is 5.54 Å². The van der Waals surface area contributed by atoms with Crippen LogP contribution in [0, 0.1) is 0 Å². The van der Waals surface area contributed by atoms with Gasteiger partial charge >= 0.3 is 0 Å². The highest BCUT2D eigenvalue weighted by Crippen LogP contribution is 2.27. The SMILES string of the molecule is CCNC(CCCc1ccccc1)C(C)(C)N1CCCC1. The van der Waals surface area contributed by atoms with E-state index in [9.17, 15) is 0 Å². The van der Waals surface area contributed by atoms with Crippen LogP contribution in [0.2, 0.25) is 0 Å². The van der Waals surface area contributed by atoms with E-state index in [1.165, 1.54) is 50.8 Å². The van der Waals surface area contributed by atoms with Crippen LogP contribution >= 0.6 is 0 Å². The summed E-state index contributed by atoms with van der Waals surface area (Å²) in [6.45, 7) is 10.7. The summed E-state index contributed by atoms with van der Waals surface area (Å²) >= 11 is 0. The van der Waals surface area contributed by atoms with Gasteiger partial charge in [-0.15, -0.1) is 0 Å². The zero-order chi connectivity index (χ0) is 15.1. The quantitative estimate of drug-likeness (QED) is 0.781. The second-order valence-corrected chi connectivity index (χ2v) is 6.84. The van der Waals surface area contributed by atoms with Crippen LogP contribution in [-0.4, -0.2) is 36.1 Å². The predicted octanol–water partition coefficient (Wildman–Crippen LogP) is 3.86. The van der Waals surface area contributed by atoms with Gasteiger partial charge in [0.25, 0.3) is 0 Å². The minimum Gasteiger partial charge on any atom is -0.312 e. The number of aryl methyl sites for hydroxylation is 1. The number of benzene rings is 1. The van der Waals surface area contributed by atoms with E-state index >= 15 is 0 Å². The molecular formula is C19H32N2. The van der Waals surface area contributed by atoms with Crippen molar-refractivity contribution in [2.45, 2.75) is 64.5 Å². The fourth-order valence-corrected chi connectivity index (χ4v) is 3.62. The lowest BCUT2D eigenvalue weighted by Gasteiger charge is -2.42. The van der Waals surface area contributed by atoms with Gasteiger partial charge in [0.15, 0.2) is 0 Å². The Balaban J connectivity index is 1.88. The first-order valence-corrected chi connectivity index (χ1v) is 8.67. The Hall–Kier alpha value is -0.860. The molecule has 0 radical (unpaired) electrons. The molecule has 2 heteroatoms. The van der Waals surface area contributed by atoms with E-state index in [0.717, 1.165) is 6.54 Å². The minimum atomic E-state index is 0.267. The summed E-state index contributed by atoms with van der Waals surface area (Å²) in [6.07, 6.45) is 6.45. The lowest BCUT2D eigenvalue weighted by molar-refractivity contribution is 0.102.